The Labute approximate surface area is 101 Å². The number of nitrogens with two attached hydrogens (primary N) is 1. The van der Waals surface area contributed by atoms with E-state index in [1.807, 2.05) is 13.0 Å². The van der Waals surface area contributed by atoms with Gasteiger partial charge in [0.25, 0.3) is 5.91 Å². The lowest BCUT2D eigenvalue weighted by molar-refractivity contribution is 0.0953. The minimum atomic E-state index is -0.117. The lowest BCUT2D eigenvalue weighted by Crippen LogP contribution is -2.24. The highest BCUT2D eigenvalue weighted by Gasteiger charge is 2.05. The maximum atomic E-state index is 11.7. The van der Waals surface area contributed by atoms with Gasteiger partial charge in [-0.3, -0.25) is 4.79 Å². The molecule has 0 fully saturated rings. The average Bonchev–Trinajstić information content (AvgIpc) is 2.32. The molecule has 0 saturated carbocycles. The van der Waals surface area contributed by atoms with Gasteiger partial charge in [0.05, 0.1) is 6.07 Å². The number of benzene rings is 1. The highest BCUT2D eigenvalue weighted by Crippen LogP contribution is 2.12. The predicted octanol–water partition coefficient (Wildman–Crippen LogP) is 2.00. The number of carbonyl (C=O) groups excluding carboxylic acids is 1. The number of aryl methyl sites for hydroxylation is 1. The molecule has 17 heavy (non-hydrogen) atoms. The first-order chi connectivity index (χ1) is 8.15. The third kappa shape index (κ3) is 4.15. The first-order valence-corrected chi connectivity index (χ1v) is 5.66. The minimum absolute atomic E-state index is 0.117. The predicted molar refractivity (Wildman–Crippen MR) is 67.4 cm³/mol. The van der Waals surface area contributed by atoms with E-state index in [1.165, 1.54) is 0 Å². The molecule has 0 aliphatic rings. The van der Waals surface area contributed by atoms with Crippen molar-refractivity contribution in [1.29, 1.82) is 5.26 Å². The zero-order valence-corrected chi connectivity index (χ0v) is 9.99. The van der Waals surface area contributed by atoms with Crippen LogP contribution < -0.4 is 11.1 Å². The molecule has 0 aromatic heterocycles. The Balaban J connectivity index is 2.42. The van der Waals surface area contributed by atoms with Gasteiger partial charge in [0.2, 0.25) is 0 Å². The fourth-order valence-corrected chi connectivity index (χ4v) is 1.41. The fourth-order valence-electron chi connectivity index (χ4n) is 1.41. The number of anilines is 1. The quantitative estimate of drug-likeness (QED) is 0.601. The highest BCUT2D eigenvalue weighted by atomic mass is 16.1. The first kappa shape index (κ1) is 13.0. The van der Waals surface area contributed by atoms with Crippen LogP contribution in [0.2, 0.25) is 0 Å². The number of amides is 1. The van der Waals surface area contributed by atoms with Crippen LogP contribution in [0.3, 0.4) is 0 Å². The molecule has 0 unspecified atom stereocenters. The number of rotatable bonds is 5. The molecular weight excluding hydrogens is 214 g/mol. The Kier molecular flexibility index (Phi) is 5.02. The first-order valence-electron chi connectivity index (χ1n) is 5.66. The third-order valence-electron chi connectivity index (χ3n) is 2.54. The van der Waals surface area contributed by atoms with Crippen molar-refractivity contribution in [3.05, 3.63) is 29.3 Å². The van der Waals surface area contributed by atoms with Gasteiger partial charge in [0.15, 0.2) is 0 Å². The summed E-state index contributed by atoms with van der Waals surface area (Å²) in [5.41, 5.74) is 7.91. The van der Waals surface area contributed by atoms with E-state index in [4.69, 9.17) is 11.0 Å². The number of nitrogen functional groups attached to an aromatic ring is 1. The smallest absolute Gasteiger partial charge is 0.251 e. The molecule has 4 heteroatoms. The van der Waals surface area contributed by atoms with Crippen LogP contribution in [0.15, 0.2) is 18.2 Å². The van der Waals surface area contributed by atoms with Crippen LogP contribution >= 0.6 is 0 Å². The van der Waals surface area contributed by atoms with E-state index in [2.05, 4.69) is 11.4 Å². The number of hydrogen-bond acceptors (Lipinski definition) is 3. The monoisotopic (exact) mass is 231 g/mol. The summed E-state index contributed by atoms with van der Waals surface area (Å²) in [5.74, 6) is -0.117. The number of carbonyl (C=O) groups is 1. The van der Waals surface area contributed by atoms with E-state index in [9.17, 15) is 4.79 Å². The Morgan fingerprint density at radius 1 is 1.47 bits per heavy atom. The Bertz CT molecular complexity index is 435. The summed E-state index contributed by atoms with van der Waals surface area (Å²) in [6, 6.07) is 7.35. The van der Waals surface area contributed by atoms with E-state index in [0.29, 0.717) is 24.2 Å². The van der Waals surface area contributed by atoms with E-state index < -0.39 is 0 Å². The van der Waals surface area contributed by atoms with Gasteiger partial charge in [-0.1, -0.05) is 6.07 Å². The molecule has 3 N–H and O–H groups in total. The van der Waals surface area contributed by atoms with Crippen molar-refractivity contribution in [3.8, 4) is 6.07 Å². The molecule has 0 bridgehead atoms. The standard InChI is InChI=1S/C13H17N3O/c1-10-5-6-11(9-12(10)15)13(17)16-8-4-2-3-7-14/h5-6,9H,2-4,8,15H2,1H3,(H,16,17). The van der Waals surface area contributed by atoms with Crippen LogP contribution in [0.4, 0.5) is 5.69 Å². The van der Waals surface area contributed by atoms with Crippen molar-refractivity contribution in [3.63, 3.8) is 0 Å². The van der Waals surface area contributed by atoms with Crippen molar-refractivity contribution < 1.29 is 4.79 Å². The summed E-state index contributed by atoms with van der Waals surface area (Å²) in [6.07, 6.45) is 2.17. The molecule has 0 saturated heterocycles. The van der Waals surface area contributed by atoms with Crippen molar-refractivity contribution >= 4 is 11.6 Å². The van der Waals surface area contributed by atoms with Crippen LogP contribution in [-0.4, -0.2) is 12.5 Å². The number of unbranched alkanes of at least 4 members (excludes halogenated alkanes) is 2. The number of nitrogens with one attached hydrogen (secondary N) is 1. The molecule has 0 radical (unpaired) electrons. The molecule has 0 aliphatic carbocycles. The summed E-state index contributed by atoms with van der Waals surface area (Å²) in [6.45, 7) is 2.49. The molecule has 1 amide bonds. The lowest BCUT2D eigenvalue weighted by Gasteiger charge is -2.06. The van der Waals surface area contributed by atoms with Crippen molar-refractivity contribution in [2.75, 3.05) is 12.3 Å². The Hall–Kier alpha value is -2.02. The van der Waals surface area contributed by atoms with Gasteiger partial charge in [-0.15, -0.1) is 0 Å². The molecule has 0 aliphatic heterocycles. The summed E-state index contributed by atoms with van der Waals surface area (Å²) in [5, 5.41) is 11.2. The molecule has 0 heterocycles. The number of nitrogens with zero attached hydrogens (tertiary/aromatic N) is 1. The summed E-state index contributed by atoms with van der Waals surface area (Å²) < 4.78 is 0. The molecule has 0 spiro atoms. The second kappa shape index (κ2) is 6.54. The highest BCUT2D eigenvalue weighted by molar-refractivity contribution is 5.95. The topological polar surface area (TPSA) is 78.9 Å². The third-order valence-corrected chi connectivity index (χ3v) is 2.54. The van der Waals surface area contributed by atoms with E-state index >= 15 is 0 Å². The van der Waals surface area contributed by atoms with Crippen molar-refractivity contribution in [2.45, 2.75) is 26.2 Å². The normalized spacial score (nSPS) is 9.65. The van der Waals surface area contributed by atoms with Crippen molar-refractivity contribution in [2.24, 2.45) is 0 Å². The van der Waals surface area contributed by atoms with Crippen LogP contribution in [0.1, 0.15) is 35.2 Å². The Morgan fingerprint density at radius 3 is 2.88 bits per heavy atom. The van der Waals surface area contributed by atoms with Crippen molar-refractivity contribution in [1.82, 2.24) is 5.32 Å². The zero-order valence-electron chi connectivity index (χ0n) is 9.99. The Morgan fingerprint density at radius 2 is 2.24 bits per heavy atom. The molecule has 1 aromatic carbocycles. The molecule has 90 valence electrons. The fraction of sp³-hybridized carbons (Fsp3) is 0.385. The van der Waals surface area contributed by atoms with Gasteiger partial charge < -0.3 is 11.1 Å². The molecule has 1 rings (SSSR count). The number of hydrogen-bond donors (Lipinski definition) is 2. The lowest BCUT2D eigenvalue weighted by atomic mass is 10.1. The van der Waals surface area contributed by atoms with E-state index in [0.717, 1.165) is 18.4 Å². The van der Waals surface area contributed by atoms with Crippen LogP contribution in [-0.2, 0) is 0 Å². The zero-order chi connectivity index (χ0) is 12.7. The molecule has 4 nitrogen and oxygen atoms in total. The minimum Gasteiger partial charge on any atom is -0.398 e. The van der Waals surface area contributed by atoms with Crippen LogP contribution in [0.5, 0.6) is 0 Å². The summed E-state index contributed by atoms with van der Waals surface area (Å²) in [7, 11) is 0. The van der Waals surface area contributed by atoms with Crippen LogP contribution in [0, 0.1) is 18.3 Å². The SMILES string of the molecule is Cc1ccc(C(=O)NCCCCC#N)cc1N. The maximum absolute atomic E-state index is 11.7. The average molecular weight is 231 g/mol. The van der Waals surface area contributed by atoms with Gasteiger partial charge in [-0.25, -0.2) is 0 Å². The second-order valence-electron chi connectivity index (χ2n) is 3.94. The van der Waals surface area contributed by atoms with Gasteiger partial charge in [0.1, 0.15) is 0 Å². The van der Waals surface area contributed by atoms with E-state index in [-0.39, 0.29) is 5.91 Å². The summed E-state index contributed by atoms with van der Waals surface area (Å²) >= 11 is 0. The molecular formula is C13H17N3O. The molecule has 0 atom stereocenters. The van der Waals surface area contributed by atoms with Gasteiger partial charge in [0, 0.05) is 24.2 Å². The maximum Gasteiger partial charge on any atom is 0.251 e. The second-order valence-corrected chi connectivity index (χ2v) is 3.94. The summed E-state index contributed by atoms with van der Waals surface area (Å²) in [4.78, 5) is 11.7. The number of nitriles is 1. The van der Waals surface area contributed by atoms with Gasteiger partial charge in [-0.05, 0) is 37.5 Å². The van der Waals surface area contributed by atoms with E-state index in [1.54, 1.807) is 12.1 Å². The molecule has 1 aromatic rings. The van der Waals surface area contributed by atoms with Gasteiger partial charge >= 0.3 is 0 Å². The van der Waals surface area contributed by atoms with Crippen LogP contribution in [0.25, 0.3) is 0 Å². The van der Waals surface area contributed by atoms with Gasteiger partial charge in [-0.2, -0.15) is 5.26 Å². The largest absolute Gasteiger partial charge is 0.398 e.